The Morgan fingerprint density at radius 2 is 1.81 bits per heavy atom. The lowest BCUT2D eigenvalue weighted by molar-refractivity contribution is -0.142. The average molecular weight is 290 g/mol. The van der Waals surface area contributed by atoms with Crippen LogP contribution in [0.15, 0.2) is 0 Å². The van der Waals surface area contributed by atoms with Gasteiger partial charge < -0.3 is 5.11 Å². The van der Waals surface area contributed by atoms with E-state index in [1.165, 1.54) is 25.7 Å². The van der Waals surface area contributed by atoms with E-state index in [1.807, 2.05) is 0 Å². The van der Waals surface area contributed by atoms with Crippen LogP contribution < -0.4 is 0 Å². The molecule has 0 spiro atoms. The molecule has 4 aliphatic rings. The SMILES string of the molecule is C[C@]12CC[C@H](O)C[C@@H]1CC[C@H]1C3CCC(=O)[C@@]3(C)CC[C@@H]12. The minimum Gasteiger partial charge on any atom is -0.393 e. The molecule has 0 aromatic carbocycles. The fourth-order valence-electron chi connectivity index (χ4n) is 7.01. The van der Waals surface area contributed by atoms with Crippen molar-refractivity contribution in [3.05, 3.63) is 0 Å². The van der Waals surface area contributed by atoms with E-state index >= 15 is 0 Å². The number of carbonyl (C=O) groups is 1. The Morgan fingerprint density at radius 1 is 1.00 bits per heavy atom. The van der Waals surface area contributed by atoms with E-state index < -0.39 is 0 Å². The summed E-state index contributed by atoms with van der Waals surface area (Å²) in [4.78, 5) is 12.4. The Labute approximate surface area is 128 Å². The van der Waals surface area contributed by atoms with Crippen molar-refractivity contribution in [2.45, 2.75) is 77.7 Å². The molecule has 0 heterocycles. The van der Waals surface area contributed by atoms with E-state index in [2.05, 4.69) is 13.8 Å². The summed E-state index contributed by atoms with van der Waals surface area (Å²) in [6.07, 6.45) is 10.1. The Hall–Kier alpha value is -0.370. The van der Waals surface area contributed by atoms with Crippen LogP contribution in [0.25, 0.3) is 0 Å². The third-order valence-corrected chi connectivity index (χ3v) is 8.35. The van der Waals surface area contributed by atoms with E-state index in [4.69, 9.17) is 0 Å². The van der Waals surface area contributed by atoms with E-state index in [-0.39, 0.29) is 11.5 Å². The van der Waals surface area contributed by atoms with Crippen LogP contribution in [0.4, 0.5) is 0 Å². The summed E-state index contributed by atoms with van der Waals surface area (Å²) in [5, 5.41) is 10.0. The van der Waals surface area contributed by atoms with Gasteiger partial charge in [-0.25, -0.2) is 0 Å². The summed E-state index contributed by atoms with van der Waals surface area (Å²) in [6.45, 7) is 4.78. The molecule has 4 saturated carbocycles. The van der Waals surface area contributed by atoms with Crippen molar-refractivity contribution in [2.75, 3.05) is 0 Å². The van der Waals surface area contributed by atoms with Crippen molar-refractivity contribution in [2.24, 2.45) is 34.5 Å². The molecular weight excluding hydrogens is 260 g/mol. The molecule has 7 atom stereocenters. The number of Topliss-reactive ketones (excluding diaryl/α,β-unsaturated/α-hetero) is 1. The lowest BCUT2D eigenvalue weighted by atomic mass is 9.45. The van der Waals surface area contributed by atoms with Gasteiger partial charge in [-0.05, 0) is 80.5 Å². The molecule has 1 N–H and O–H groups in total. The first-order valence-electron chi connectivity index (χ1n) is 9.16. The van der Waals surface area contributed by atoms with Gasteiger partial charge in [0.2, 0.25) is 0 Å². The van der Waals surface area contributed by atoms with Gasteiger partial charge in [0.05, 0.1) is 6.10 Å². The van der Waals surface area contributed by atoms with Crippen LogP contribution in [0.3, 0.4) is 0 Å². The monoisotopic (exact) mass is 290 g/mol. The Kier molecular flexibility index (Phi) is 3.10. The lowest BCUT2D eigenvalue weighted by Crippen LogP contribution is -2.54. The highest BCUT2D eigenvalue weighted by molar-refractivity contribution is 5.87. The van der Waals surface area contributed by atoms with Crippen LogP contribution in [-0.2, 0) is 4.79 Å². The Balaban J connectivity index is 1.64. The van der Waals surface area contributed by atoms with E-state index in [9.17, 15) is 9.90 Å². The predicted molar refractivity (Wildman–Crippen MR) is 82.7 cm³/mol. The molecule has 4 rings (SSSR count). The van der Waals surface area contributed by atoms with E-state index in [1.54, 1.807) is 0 Å². The van der Waals surface area contributed by atoms with Gasteiger partial charge in [0.15, 0.2) is 0 Å². The summed E-state index contributed by atoms with van der Waals surface area (Å²) in [5.74, 6) is 3.54. The maximum Gasteiger partial charge on any atom is 0.139 e. The maximum absolute atomic E-state index is 12.4. The zero-order chi connectivity index (χ0) is 14.8. The van der Waals surface area contributed by atoms with Crippen molar-refractivity contribution in [1.29, 1.82) is 0 Å². The number of aliphatic hydroxyl groups is 1. The second-order valence-corrected chi connectivity index (χ2v) is 9.00. The zero-order valence-corrected chi connectivity index (χ0v) is 13.6. The molecule has 2 nitrogen and oxygen atoms in total. The number of ketones is 1. The number of hydrogen-bond acceptors (Lipinski definition) is 2. The standard InChI is InChI=1S/C19H30O2/c1-18-9-7-13(20)11-12(18)3-4-14-15-5-6-17(21)19(15,2)10-8-16(14)18/h12-16,20H,3-11H2,1-2H3/t12-,13-,14-,15?,16-,18-,19-/m0/s1. The normalized spacial score (nSPS) is 56.5. The van der Waals surface area contributed by atoms with Crippen molar-refractivity contribution < 1.29 is 9.90 Å². The number of rotatable bonds is 0. The molecule has 0 aromatic heterocycles. The van der Waals surface area contributed by atoms with Crippen molar-refractivity contribution in [3.8, 4) is 0 Å². The first-order chi connectivity index (χ1) is 9.95. The first kappa shape index (κ1) is 14.2. The zero-order valence-electron chi connectivity index (χ0n) is 13.6. The molecular formula is C19H30O2. The fraction of sp³-hybridized carbons (Fsp3) is 0.947. The highest BCUT2D eigenvalue weighted by Gasteiger charge is 2.60. The van der Waals surface area contributed by atoms with Crippen LogP contribution in [0.1, 0.15) is 71.6 Å². The Morgan fingerprint density at radius 3 is 2.62 bits per heavy atom. The quantitative estimate of drug-likeness (QED) is 0.733. The third kappa shape index (κ3) is 1.84. The minimum absolute atomic E-state index is 0.0124. The summed E-state index contributed by atoms with van der Waals surface area (Å²) in [7, 11) is 0. The van der Waals surface area contributed by atoms with Crippen LogP contribution in [0.5, 0.6) is 0 Å². The summed E-state index contributed by atoms with van der Waals surface area (Å²) < 4.78 is 0. The molecule has 118 valence electrons. The van der Waals surface area contributed by atoms with Gasteiger partial charge in [-0.1, -0.05) is 13.8 Å². The fourth-order valence-corrected chi connectivity index (χ4v) is 7.01. The summed E-state index contributed by atoms with van der Waals surface area (Å²) in [6, 6.07) is 0. The topological polar surface area (TPSA) is 37.3 Å². The molecule has 4 aliphatic carbocycles. The van der Waals surface area contributed by atoms with Crippen molar-refractivity contribution >= 4 is 5.78 Å². The number of aliphatic hydroxyl groups excluding tert-OH is 1. The molecule has 2 heteroatoms. The number of hydrogen-bond donors (Lipinski definition) is 1. The minimum atomic E-state index is -0.0541. The first-order valence-corrected chi connectivity index (χ1v) is 9.16. The molecule has 0 amide bonds. The van der Waals surface area contributed by atoms with Gasteiger partial charge in [0, 0.05) is 11.8 Å². The van der Waals surface area contributed by atoms with Crippen LogP contribution >= 0.6 is 0 Å². The number of carbonyl (C=O) groups excluding carboxylic acids is 1. The molecule has 0 radical (unpaired) electrons. The second-order valence-electron chi connectivity index (χ2n) is 9.00. The highest BCUT2D eigenvalue weighted by Crippen LogP contribution is 2.65. The molecule has 1 unspecified atom stereocenters. The van der Waals surface area contributed by atoms with Crippen LogP contribution in [0.2, 0.25) is 0 Å². The third-order valence-electron chi connectivity index (χ3n) is 8.35. The maximum atomic E-state index is 12.4. The van der Waals surface area contributed by atoms with Gasteiger partial charge in [-0.15, -0.1) is 0 Å². The van der Waals surface area contributed by atoms with Gasteiger partial charge in [0.1, 0.15) is 5.78 Å². The molecule has 0 aliphatic heterocycles. The average Bonchev–Trinajstić information content (AvgIpc) is 2.76. The van der Waals surface area contributed by atoms with Crippen LogP contribution in [0, 0.1) is 34.5 Å². The van der Waals surface area contributed by atoms with Gasteiger partial charge in [-0.3, -0.25) is 4.79 Å². The van der Waals surface area contributed by atoms with Gasteiger partial charge in [-0.2, -0.15) is 0 Å². The predicted octanol–water partition coefficient (Wildman–Crippen LogP) is 3.96. The Bertz CT molecular complexity index is 458. The second kappa shape index (κ2) is 4.57. The molecule has 21 heavy (non-hydrogen) atoms. The van der Waals surface area contributed by atoms with E-state index in [0.717, 1.165) is 49.9 Å². The molecule has 0 aromatic rings. The molecule has 4 fully saturated rings. The van der Waals surface area contributed by atoms with Crippen LogP contribution in [-0.4, -0.2) is 17.0 Å². The van der Waals surface area contributed by atoms with Crippen molar-refractivity contribution in [1.82, 2.24) is 0 Å². The molecule has 0 saturated heterocycles. The van der Waals surface area contributed by atoms with Gasteiger partial charge in [0.25, 0.3) is 0 Å². The molecule has 0 bridgehead atoms. The van der Waals surface area contributed by atoms with Crippen molar-refractivity contribution in [3.63, 3.8) is 0 Å². The smallest absolute Gasteiger partial charge is 0.139 e. The summed E-state index contributed by atoms with van der Waals surface area (Å²) >= 11 is 0. The number of fused-ring (bicyclic) bond motifs is 5. The van der Waals surface area contributed by atoms with E-state index in [0.29, 0.717) is 17.1 Å². The largest absolute Gasteiger partial charge is 0.393 e. The summed E-state index contributed by atoms with van der Waals surface area (Å²) in [5.41, 5.74) is 0.452. The lowest BCUT2D eigenvalue weighted by Gasteiger charge is -2.60. The highest BCUT2D eigenvalue weighted by atomic mass is 16.3. The van der Waals surface area contributed by atoms with Gasteiger partial charge >= 0.3 is 0 Å².